The standard InChI is InChI=1S/C10H19NO2S/c1-11-8-5-3-4-6-9(8)14-7-10(12)13-2/h8-9,11H,3-7H2,1-2H3. The summed E-state index contributed by atoms with van der Waals surface area (Å²) in [7, 11) is 3.45. The van der Waals surface area contributed by atoms with Crippen LogP contribution in [0.15, 0.2) is 0 Å². The minimum Gasteiger partial charge on any atom is -0.468 e. The first-order valence-corrected chi connectivity index (χ1v) is 6.18. The number of ether oxygens (including phenoxy) is 1. The molecule has 2 atom stereocenters. The molecule has 0 amide bonds. The lowest BCUT2D eigenvalue weighted by molar-refractivity contribution is -0.137. The highest BCUT2D eigenvalue weighted by Gasteiger charge is 2.24. The fourth-order valence-electron chi connectivity index (χ4n) is 1.86. The topological polar surface area (TPSA) is 38.3 Å². The second-order valence-corrected chi connectivity index (χ2v) is 4.83. The van der Waals surface area contributed by atoms with E-state index in [0.717, 1.165) is 0 Å². The number of methoxy groups -OCH3 is 1. The molecule has 1 saturated carbocycles. The Labute approximate surface area is 90.0 Å². The zero-order valence-corrected chi connectivity index (χ0v) is 9.73. The Hall–Kier alpha value is -0.220. The number of carbonyl (C=O) groups is 1. The van der Waals surface area contributed by atoms with Gasteiger partial charge in [-0.25, -0.2) is 0 Å². The van der Waals surface area contributed by atoms with Crippen molar-refractivity contribution in [1.82, 2.24) is 5.32 Å². The van der Waals surface area contributed by atoms with Crippen molar-refractivity contribution in [1.29, 1.82) is 0 Å². The zero-order chi connectivity index (χ0) is 10.4. The average Bonchev–Trinajstić information content (AvgIpc) is 2.26. The van der Waals surface area contributed by atoms with E-state index in [0.29, 0.717) is 17.0 Å². The number of rotatable bonds is 4. The lowest BCUT2D eigenvalue weighted by atomic mass is 9.95. The lowest BCUT2D eigenvalue weighted by Gasteiger charge is -2.30. The molecule has 0 saturated heterocycles. The molecule has 0 spiro atoms. The van der Waals surface area contributed by atoms with Gasteiger partial charge in [0.25, 0.3) is 0 Å². The van der Waals surface area contributed by atoms with Crippen molar-refractivity contribution in [2.45, 2.75) is 37.0 Å². The van der Waals surface area contributed by atoms with Gasteiger partial charge in [-0.1, -0.05) is 12.8 Å². The summed E-state index contributed by atoms with van der Waals surface area (Å²) >= 11 is 1.73. The summed E-state index contributed by atoms with van der Waals surface area (Å²) in [6, 6.07) is 0.568. The largest absolute Gasteiger partial charge is 0.468 e. The van der Waals surface area contributed by atoms with Gasteiger partial charge in [0, 0.05) is 11.3 Å². The lowest BCUT2D eigenvalue weighted by Crippen LogP contribution is -2.38. The van der Waals surface area contributed by atoms with Crippen molar-refractivity contribution < 1.29 is 9.53 Å². The van der Waals surface area contributed by atoms with E-state index in [-0.39, 0.29) is 5.97 Å². The summed E-state index contributed by atoms with van der Waals surface area (Å²) in [6.07, 6.45) is 5.04. The maximum Gasteiger partial charge on any atom is 0.315 e. The SMILES string of the molecule is CNC1CCCCC1SCC(=O)OC. The first kappa shape index (κ1) is 11.9. The van der Waals surface area contributed by atoms with Crippen LogP contribution in [0, 0.1) is 0 Å². The van der Waals surface area contributed by atoms with Crippen LogP contribution >= 0.6 is 11.8 Å². The second kappa shape index (κ2) is 6.30. The van der Waals surface area contributed by atoms with Crippen molar-refractivity contribution >= 4 is 17.7 Å². The summed E-state index contributed by atoms with van der Waals surface area (Å²) in [4.78, 5) is 11.0. The molecule has 1 fully saturated rings. The fourth-order valence-corrected chi connectivity index (χ4v) is 3.17. The van der Waals surface area contributed by atoms with Crippen molar-refractivity contribution in [3.63, 3.8) is 0 Å². The molecule has 4 heteroatoms. The summed E-state index contributed by atoms with van der Waals surface area (Å²) in [5, 5.41) is 3.90. The average molecular weight is 217 g/mol. The molecule has 0 aromatic rings. The van der Waals surface area contributed by atoms with Gasteiger partial charge in [-0.05, 0) is 19.9 Å². The minimum absolute atomic E-state index is 0.115. The molecule has 2 unspecified atom stereocenters. The number of hydrogen-bond acceptors (Lipinski definition) is 4. The monoisotopic (exact) mass is 217 g/mol. The number of hydrogen-bond donors (Lipinski definition) is 1. The molecular formula is C10H19NO2S. The predicted molar refractivity (Wildman–Crippen MR) is 59.6 cm³/mol. The molecule has 0 heterocycles. The van der Waals surface area contributed by atoms with E-state index in [9.17, 15) is 4.79 Å². The van der Waals surface area contributed by atoms with E-state index in [1.54, 1.807) is 11.8 Å². The first-order chi connectivity index (χ1) is 6.77. The number of carbonyl (C=O) groups excluding carboxylic acids is 1. The fraction of sp³-hybridized carbons (Fsp3) is 0.900. The van der Waals surface area contributed by atoms with E-state index >= 15 is 0 Å². The molecule has 1 rings (SSSR count). The Morgan fingerprint density at radius 3 is 2.86 bits per heavy atom. The third-order valence-corrected chi connectivity index (χ3v) is 4.11. The van der Waals surface area contributed by atoms with Crippen LogP contribution in [0.25, 0.3) is 0 Å². The Balaban J connectivity index is 2.29. The van der Waals surface area contributed by atoms with E-state index in [4.69, 9.17) is 0 Å². The molecule has 0 aromatic heterocycles. The molecule has 3 nitrogen and oxygen atoms in total. The van der Waals surface area contributed by atoms with Gasteiger partial charge in [0.05, 0.1) is 12.9 Å². The van der Waals surface area contributed by atoms with Crippen LogP contribution in [-0.2, 0) is 9.53 Å². The van der Waals surface area contributed by atoms with E-state index in [1.165, 1.54) is 32.8 Å². The van der Waals surface area contributed by atoms with Gasteiger partial charge >= 0.3 is 5.97 Å². The molecule has 1 N–H and O–H groups in total. The molecule has 1 aliphatic rings. The second-order valence-electron chi connectivity index (χ2n) is 3.61. The molecule has 1 aliphatic carbocycles. The van der Waals surface area contributed by atoms with E-state index in [2.05, 4.69) is 10.1 Å². The highest BCUT2D eigenvalue weighted by molar-refractivity contribution is 8.00. The van der Waals surface area contributed by atoms with Crippen LogP contribution in [0.2, 0.25) is 0 Å². The normalized spacial score (nSPS) is 27.3. The van der Waals surface area contributed by atoms with Crippen molar-refractivity contribution in [3.05, 3.63) is 0 Å². The maximum absolute atomic E-state index is 11.0. The molecule has 0 aliphatic heterocycles. The van der Waals surface area contributed by atoms with Crippen molar-refractivity contribution in [2.75, 3.05) is 19.9 Å². The van der Waals surface area contributed by atoms with Crippen LogP contribution in [0.3, 0.4) is 0 Å². The van der Waals surface area contributed by atoms with Gasteiger partial charge in [0.15, 0.2) is 0 Å². The number of esters is 1. The van der Waals surface area contributed by atoms with Crippen LogP contribution in [0.5, 0.6) is 0 Å². The molecule has 82 valence electrons. The molecule has 0 aromatic carbocycles. The van der Waals surface area contributed by atoms with Crippen molar-refractivity contribution in [2.24, 2.45) is 0 Å². The summed E-state index contributed by atoms with van der Waals surface area (Å²) in [5.74, 6) is 0.370. The Kier molecular flexibility index (Phi) is 5.33. The van der Waals surface area contributed by atoms with Crippen molar-refractivity contribution in [3.8, 4) is 0 Å². The van der Waals surface area contributed by atoms with Gasteiger partial charge in [0.2, 0.25) is 0 Å². The Bertz CT molecular complexity index is 187. The first-order valence-electron chi connectivity index (χ1n) is 5.13. The van der Waals surface area contributed by atoms with Crippen LogP contribution in [-0.4, -0.2) is 37.2 Å². The maximum atomic E-state index is 11.0. The highest BCUT2D eigenvalue weighted by atomic mass is 32.2. The Morgan fingerprint density at radius 2 is 2.21 bits per heavy atom. The quantitative estimate of drug-likeness (QED) is 0.723. The predicted octanol–water partition coefficient (Wildman–Crippen LogP) is 1.42. The molecule has 14 heavy (non-hydrogen) atoms. The smallest absolute Gasteiger partial charge is 0.315 e. The van der Waals surface area contributed by atoms with E-state index < -0.39 is 0 Å². The van der Waals surface area contributed by atoms with Crippen LogP contribution in [0.4, 0.5) is 0 Å². The summed E-state index contributed by atoms with van der Waals surface area (Å²) in [5.41, 5.74) is 0. The molecule has 0 bridgehead atoms. The molecular weight excluding hydrogens is 198 g/mol. The zero-order valence-electron chi connectivity index (χ0n) is 8.91. The summed E-state index contributed by atoms with van der Waals surface area (Å²) in [6.45, 7) is 0. The third kappa shape index (κ3) is 3.50. The number of nitrogens with one attached hydrogen (secondary N) is 1. The highest BCUT2D eigenvalue weighted by Crippen LogP contribution is 2.28. The van der Waals surface area contributed by atoms with Gasteiger partial charge in [-0.15, -0.1) is 11.8 Å². The van der Waals surface area contributed by atoms with Crippen LogP contribution < -0.4 is 5.32 Å². The van der Waals surface area contributed by atoms with Gasteiger partial charge in [-0.3, -0.25) is 4.79 Å². The van der Waals surface area contributed by atoms with Gasteiger partial charge in [-0.2, -0.15) is 0 Å². The minimum atomic E-state index is -0.115. The third-order valence-electron chi connectivity index (χ3n) is 2.72. The Morgan fingerprint density at radius 1 is 1.50 bits per heavy atom. The molecule has 0 radical (unpaired) electrons. The summed E-state index contributed by atoms with van der Waals surface area (Å²) < 4.78 is 4.63. The van der Waals surface area contributed by atoms with Crippen LogP contribution in [0.1, 0.15) is 25.7 Å². The number of thioether (sulfide) groups is 1. The van der Waals surface area contributed by atoms with Gasteiger partial charge in [0.1, 0.15) is 0 Å². The van der Waals surface area contributed by atoms with Gasteiger partial charge < -0.3 is 10.1 Å². The van der Waals surface area contributed by atoms with E-state index in [1.807, 2.05) is 7.05 Å².